The fourth-order valence-corrected chi connectivity index (χ4v) is 6.31. The van der Waals surface area contributed by atoms with Crippen molar-refractivity contribution in [2.24, 2.45) is 0 Å². The second-order valence-corrected chi connectivity index (χ2v) is 12.2. The molecule has 5 aromatic rings. The van der Waals surface area contributed by atoms with Crippen molar-refractivity contribution in [3.05, 3.63) is 106 Å². The summed E-state index contributed by atoms with van der Waals surface area (Å²) < 4.78 is 24.1. The van der Waals surface area contributed by atoms with Gasteiger partial charge in [-0.25, -0.2) is 14.2 Å². The van der Waals surface area contributed by atoms with Crippen LogP contribution >= 0.6 is 24.0 Å². The van der Waals surface area contributed by atoms with Crippen LogP contribution in [0, 0.1) is 5.82 Å². The number of amides is 1. The number of carbonyl (C=O) groups is 2. The first kappa shape index (κ1) is 33.9. The van der Waals surface area contributed by atoms with E-state index in [1.165, 1.54) is 6.07 Å². The van der Waals surface area contributed by atoms with Crippen LogP contribution in [0.3, 0.4) is 0 Å². The number of rotatable bonds is 9. The largest absolute Gasteiger partial charge is 0.489 e. The molecule has 1 aromatic heterocycles. The molecule has 1 amide bonds. The molecule has 0 bridgehead atoms. The van der Waals surface area contributed by atoms with E-state index in [0.717, 1.165) is 54.3 Å². The van der Waals surface area contributed by atoms with Crippen LogP contribution in [-0.2, 0) is 6.61 Å². The number of fused-ring (bicyclic) bond motifs is 1. The standard InChI is InChI=1S/C37H35ClFN3O4.ClH/c1-3-41(2)36(43)24-11-16-30(23-9-13-27(38)14-10-23)26(19-24)22-46-29-15-17-31(32(39)21-29)35-40-33-20-25(37(44)45)12-18-34(33)42(35)28-7-5-4-6-8-28;/h9-21,28H,3-8,22H2,1-2H3,(H,44,45);1H. The van der Waals surface area contributed by atoms with Crippen LogP contribution in [0.2, 0.25) is 5.02 Å². The monoisotopic (exact) mass is 675 g/mol. The van der Waals surface area contributed by atoms with Gasteiger partial charge in [-0.2, -0.15) is 0 Å². The lowest BCUT2D eigenvalue weighted by atomic mass is 9.94. The Morgan fingerprint density at radius 2 is 1.66 bits per heavy atom. The predicted octanol–water partition coefficient (Wildman–Crippen LogP) is 9.46. The second-order valence-electron chi connectivity index (χ2n) is 11.7. The number of halogens is 3. The van der Waals surface area contributed by atoms with Crippen LogP contribution in [0.25, 0.3) is 33.5 Å². The third-order valence-corrected chi connectivity index (χ3v) is 9.03. The van der Waals surface area contributed by atoms with Crippen molar-refractivity contribution in [1.82, 2.24) is 14.5 Å². The molecule has 1 aliphatic rings. The van der Waals surface area contributed by atoms with Crippen LogP contribution in [0.1, 0.15) is 71.3 Å². The van der Waals surface area contributed by atoms with Gasteiger partial charge in [0.1, 0.15) is 24.0 Å². The number of aromatic carboxylic acids is 1. The van der Waals surface area contributed by atoms with Crippen molar-refractivity contribution in [1.29, 1.82) is 0 Å². The molecule has 1 N–H and O–H groups in total. The van der Waals surface area contributed by atoms with E-state index in [-0.39, 0.29) is 36.5 Å². The molecule has 1 aliphatic carbocycles. The minimum atomic E-state index is -1.03. The maximum atomic E-state index is 15.9. The Hall–Kier alpha value is -4.40. The molecule has 1 fully saturated rings. The first-order valence-electron chi connectivity index (χ1n) is 15.6. The molecule has 244 valence electrons. The molecule has 1 heterocycles. The number of imidazole rings is 1. The SMILES string of the molecule is CCN(C)C(=O)c1ccc(-c2ccc(Cl)cc2)c(COc2ccc(-c3nc4cc(C(=O)O)ccc4n3C3CCCCC3)c(F)c2)c1.Cl. The van der Waals surface area contributed by atoms with E-state index in [0.29, 0.717) is 39.8 Å². The molecule has 47 heavy (non-hydrogen) atoms. The third kappa shape index (κ3) is 7.14. The van der Waals surface area contributed by atoms with Crippen molar-refractivity contribution in [3.8, 4) is 28.3 Å². The minimum absolute atomic E-state index is 0. The van der Waals surface area contributed by atoms with Crippen LogP contribution in [0.15, 0.2) is 78.9 Å². The van der Waals surface area contributed by atoms with Gasteiger partial charge in [0.15, 0.2) is 0 Å². The molecule has 0 unspecified atom stereocenters. The molecule has 7 nitrogen and oxygen atoms in total. The van der Waals surface area contributed by atoms with Crippen LogP contribution in [0.5, 0.6) is 5.75 Å². The van der Waals surface area contributed by atoms with Crippen molar-refractivity contribution in [3.63, 3.8) is 0 Å². The molecule has 0 atom stereocenters. The predicted molar refractivity (Wildman–Crippen MR) is 185 cm³/mol. The molecule has 1 saturated carbocycles. The van der Waals surface area contributed by atoms with Gasteiger partial charge in [0.2, 0.25) is 0 Å². The highest BCUT2D eigenvalue weighted by molar-refractivity contribution is 6.30. The number of carbonyl (C=O) groups excluding carboxylic acids is 1. The van der Waals surface area contributed by atoms with E-state index in [1.54, 1.807) is 48.3 Å². The Labute approximate surface area is 284 Å². The minimum Gasteiger partial charge on any atom is -0.489 e. The number of nitrogens with zero attached hydrogens (tertiary/aromatic N) is 3. The van der Waals surface area contributed by atoms with Crippen molar-refractivity contribution >= 4 is 46.9 Å². The van der Waals surface area contributed by atoms with E-state index in [2.05, 4.69) is 4.57 Å². The fraction of sp³-hybridized carbons (Fsp3) is 0.270. The Kier molecular flexibility index (Phi) is 10.5. The summed E-state index contributed by atoms with van der Waals surface area (Å²) in [5.74, 6) is -0.813. The zero-order chi connectivity index (χ0) is 32.4. The van der Waals surface area contributed by atoms with Gasteiger partial charge >= 0.3 is 5.97 Å². The van der Waals surface area contributed by atoms with Crippen molar-refractivity contribution in [2.45, 2.75) is 51.7 Å². The van der Waals surface area contributed by atoms with Crippen molar-refractivity contribution < 1.29 is 23.8 Å². The highest BCUT2D eigenvalue weighted by Gasteiger charge is 2.25. The van der Waals surface area contributed by atoms with E-state index >= 15 is 4.39 Å². The van der Waals surface area contributed by atoms with Crippen molar-refractivity contribution in [2.75, 3.05) is 13.6 Å². The molecule has 4 aromatic carbocycles. The number of hydrogen-bond acceptors (Lipinski definition) is 4. The fourth-order valence-electron chi connectivity index (χ4n) is 6.18. The van der Waals surface area contributed by atoms with Gasteiger partial charge in [0.25, 0.3) is 5.91 Å². The summed E-state index contributed by atoms with van der Waals surface area (Å²) in [4.78, 5) is 31.0. The van der Waals surface area contributed by atoms with Crippen LogP contribution in [0.4, 0.5) is 4.39 Å². The van der Waals surface area contributed by atoms with Crippen LogP contribution < -0.4 is 4.74 Å². The summed E-state index contributed by atoms with van der Waals surface area (Å²) in [5.41, 5.74) is 4.89. The lowest BCUT2D eigenvalue weighted by Crippen LogP contribution is -2.26. The van der Waals surface area contributed by atoms with E-state index in [1.807, 2.05) is 43.3 Å². The number of carboxylic acid groups (broad SMARTS) is 1. The van der Waals surface area contributed by atoms with Gasteiger partial charge in [-0.05, 0) is 91.1 Å². The maximum Gasteiger partial charge on any atom is 0.335 e. The third-order valence-electron chi connectivity index (χ3n) is 8.78. The Morgan fingerprint density at radius 3 is 2.34 bits per heavy atom. The Balaban J connectivity index is 0.00000433. The van der Waals surface area contributed by atoms with Gasteiger partial charge in [-0.3, -0.25) is 4.79 Å². The quantitative estimate of drug-likeness (QED) is 0.168. The smallest absolute Gasteiger partial charge is 0.335 e. The highest BCUT2D eigenvalue weighted by Crippen LogP contribution is 2.38. The van der Waals surface area contributed by atoms with Gasteiger partial charge in [0, 0.05) is 36.3 Å². The summed E-state index contributed by atoms with van der Waals surface area (Å²) in [6.45, 7) is 2.59. The van der Waals surface area contributed by atoms with Crippen LogP contribution in [-0.4, -0.2) is 45.0 Å². The van der Waals surface area contributed by atoms with Gasteiger partial charge in [-0.1, -0.05) is 49.1 Å². The Bertz CT molecular complexity index is 1920. The molecule has 10 heteroatoms. The number of aromatic nitrogens is 2. The summed E-state index contributed by atoms with van der Waals surface area (Å²) >= 11 is 6.13. The van der Waals surface area contributed by atoms with E-state index in [4.69, 9.17) is 21.3 Å². The number of benzene rings is 4. The van der Waals surface area contributed by atoms with Gasteiger partial charge in [-0.15, -0.1) is 12.4 Å². The van der Waals surface area contributed by atoms with E-state index < -0.39 is 11.8 Å². The maximum absolute atomic E-state index is 15.9. The summed E-state index contributed by atoms with van der Waals surface area (Å²) in [7, 11) is 1.75. The molecule has 6 rings (SSSR count). The van der Waals surface area contributed by atoms with Gasteiger partial charge in [0.05, 0.1) is 22.2 Å². The molecule has 0 radical (unpaired) electrons. The molecule has 0 aliphatic heterocycles. The molecular formula is C37H36Cl2FN3O4. The Morgan fingerprint density at radius 1 is 0.957 bits per heavy atom. The molecule has 0 saturated heterocycles. The summed E-state index contributed by atoms with van der Waals surface area (Å²) in [6.07, 6.45) is 5.22. The lowest BCUT2D eigenvalue weighted by molar-refractivity contribution is 0.0696. The first-order chi connectivity index (χ1) is 22.2. The average Bonchev–Trinajstić information content (AvgIpc) is 3.46. The first-order valence-corrected chi connectivity index (χ1v) is 15.9. The van der Waals surface area contributed by atoms with Gasteiger partial charge < -0.3 is 19.3 Å². The molecular weight excluding hydrogens is 640 g/mol. The topological polar surface area (TPSA) is 84.7 Å². The number of ether oxygens (including phenoxy) is 1. The summed E-state index contributed by atoms with van der Waals surface area (Å²) in [5, 5.41) is 10.2. The number of hydrogen-bond donors (Lipinski definition) is 1. The average molecular weight is 677 g/mol. The second kappa shape index (κ2) is 14.6. The lowest BCUT2D eigenvalue weighted by Gasteiger charge is -2.25. The zero-order valence-corrected chi connectivity index (χ0v) is 27.8. The highest BCUT2D eigenvalue weighted by atomic mass is 35.5. The zero-order valence-electron chi connectivity index (χ0n) is 26.2. The number of carboxylic acids is 1. The summed E-state index contributed by atoms with van der Waals surface area (Å²) in [6, 6.07) is 22.7. The molecule has 0 spiro atoms. The normalized spacial score (nSPS) is 13.3. The van der Waals surface area contributed by atoms with E-state index in [9.17, 15) is 14.7 Å².